The number of halogens is 2. The van der Waals surface area contributed by atoms with E-state index in [1.807, 2.05) is 30.3 Å². The lowest BCUT2D eigenvalue weighted by atomic mass is 10.2. The number of ether oxygens (including phenoxy) is 1. The van der Waals surface area contributed by atoms with Crippen molar-refractivity contribution >= 4 is 23.2 Å². The zero-order valence-corrected chi connectivity index (χ0v) is 10.4. The van der Waals surface area contributed by atoms with Crippen molar-refractivity contribution in [2.75, 3.05) is 0 Å². The van der Waals surface area contributed by atoms with E-state index in [9.17, 15) is 5.11 Å². The quantitative estimate of drug-likeness (QED) is 0.901. The summed E-state index contributed by atoms with van der Waals surface area (Å²) in [6.07, 6.45) is 0. The molecule has 0 aliphatic heterocycles. The molecule has 17 heavy (non-hydrogen) atoms. The van der Waals surface area contributed by atoms with Crippen LogP contribution in [0.2, 0.25) is 10.0 Å². The molecule has 0 radical (unpaired) electrons. The molecule has 0 heterocycles. The molecule has 2 aromatic carbocycles. The van der Waals surface area contributed by atoms with E-state index in [-0.39, 0.29) is 15.8 Å². The summed E-state index contributed by atoms with van der Waals surface area (Å²) < 4.78 is 5.53. The summed E-state index contributed by atoms with van der Waals surface area (Å²) in [7, 11) is 0. The van der Waals surface area contributed by atoms with E-state index in [1.165, 1.54) is 12.1 Å². The number of hydrogen-bond acceptors (Lipinski definition) is 2. The predicted molar refractivity (Wildman–Crippen MR) is 68.9 cm³/mol. The first-order valence-corrected chi connectivity index (χ1v) is 5.77. The van der Waals surface area contributed by atoms with E-state index in [2.05, 4.69) is 0 Å². The number of phenolic OH excluding ortho intramolecular Hbond substituents is 1. The largest absolute Gasteiger partial charge is 0.505 e. The molecule has 0 unspecified atom stereocenters. The second kappa shape index (κ2) is 5.30. The summed E-state index contributed by atoms with van der Waals surface area (Å²) in [5.74, 6) is 0.405. The summed E-state index contributed by atoms with van der Waals surface area (Å²) in [5, 5.41) is 9.76. The van der Waals surface area contributed by atoms with Gasteiger partial charge in [0, 0.05) is 12.1 Å². The molecule has 0 aliphatic carbocycles. The lowest BCUT2D eigenvalue weighted by molar-refractivity contribution is 0.305. The minimum atomic E-state index is -0.125. The third-order valence-corrected chi connectivity index (χ3v) is 2.81. The van der Waals surface area contributed by atoms with Gasteiger partial charge in [0.2, 0.25) is 0 Å². The van der Waals surface area contributed by atoms with Crippen molar-refractivity contribution in [2.45, 2.75) is 6.61 Å². The summed E-state index contributed by atoms with van der Waals surface area (Å²) in [6, 6.07) is 12.8. The van der Waals surface area contributed by atoms with Crippen molar-refractivity contribution in [3.8, 4) is 11.5 Å². The highest BCUT2D eigenvalue weighted by Crippen LogP contribution is 2.35. The minimum absolute atomic E-state index is 0.125. The molecule has 2 rings (SSSR count). The van der Waals surface area contributed by atoms with Gasteiger partial charge in [-0.3, -0.25) is 0 Å². The molecule has 1 N–H and O–H groups in total. The topological polar surface area (TPSA) is 29.5 Å². The monoisotopic (exact) mass is 268 g/mol. The van der Waals surface area contributed by atoms with Crippen LogP contribution in [0.5, 0.6) is 11.5 Å². The minimum Gasteiger partial charge on any atom is -0.505 e. The second-order valence-corrected chi connectivity index (χ2v) is 4.32. The molecule has 0 bridgehead atoms. The molecule has 0 aliphatic rings. The van der Waals surface area contributed by atoms with Crippen molar-refractivity contribution in [2.24, 2.45) is 0 Å². The molecule has 0 saturated heterocycles. The highest BCUT2D eigenvalue weighted by molar-refractivity contribution is 6.37. The van der Waals surface area contributed by atoms with E-state index in [4.69, 9.17) is 27.9 Å². The van der Waals surface area contributed by atoms with E-state index in [0.29, 0.717) is 12.4 Å². The fourth-order valence-corrected chi connectivity index (χ4v) is 1.83. The molecular formula is C13H10Cl2O2. The molecule has 0 amide bonds. The third-order valence-electron chi connectivity index (χ3n) is 2.24. The zero-order valence-electron chi connectivity index (χ0n) is 8.86. The van der Waals surface area contributed by atoms with Crippen molar-refractivity contribution in [1.29, 1.82) is 0 Å². The maximum absolute atomic E-state index is 9.40. The van der Waals surface area contributed by atoms with Gasteiger partial charge >= 0.3 is 0 Å². The van der Waals surface area contributed by atoms with Crippen LogP contribution >= 0.6 is 23.2 Å². The molecule has 0 aromatic heterocycles. The van der Waals surface area contributed by atoms with Crippen LogP contribution < -0.4 is 4.74 Å². The highest BCUT2D eigenvalue weighted by Gasteiger charge is 2.07. The van der Waals surface area contributed by atoms with Crippen molar-refractivity contribution < 1.29 is 9.84 Å². The number of hydrogen-bond donors (Lipinski definition) is 1. The van der Waals surface area contributed by atoms with Gasteiger partial charge in [0.05, 0.1) is 10.0 Å². The van der Waals surface area contributed by atoms with Crippen molar-refractivity contribution in [1.82, 2.24) is 0 Å². The Hall–Kier alpha value is -1.38. The molecule has 2 nitrogen and oxygen atoms in total. The molecule has 0 atom stereocenters. The Morgan fingerprint density at radius 2 is 1.59 bits per heavy atom. The Morgan fingerprint density at radius 3 is 2.18 bits per heavy atom. The molecule has 4 heteroatoms. The Bertz CT molecular complexity index is 489. The number of benzene rings is 2. The van der Waals surface area contributed by atoms with Gasteiger partial charge in [-0.2, -0.15) is 0 Å². The molecule has 0 spiro atoms. The normalized spacial score (nSPS) is 10.2. The first kappa shape index (κ1) is 12.1. The lowest BCUT2D eigenvalue weighted by Gasteiger charge is -2.08. The zero-order chi connectivity index (χ0) is 12.3. The van der Waals surface area contributed by atoms with Gasteiger partial charge < -0.3 is 9.84 Å². The number of phenols is 1. The summed E-state index contributed by atoms with van der Waals surface area (Å²) in [4.78, 5) is 0. The smallest absolute Gasteiger partial charge is 0.153 e. The summed E-state index contributed by atoms with van der Waals surface area (Å²) in [6.45, 7) is 0.429. The van der Waals surface area contributed by atoms with Crippen molar-refractivity contribution in [3.05, 3.63) is 58.1 Å². The van der Waals surface area contributed by atoms with Gasteiger partial charge in [-0.25, -0.2) is 0 Å². The first-order valence-electron chi connectivity index (χ1n) is 5.01. The fourth-order valence-electron chi connectivity index (χ4n) is 1.37. The first-order chi connectivity index (χ1) is 8.16. The standard InChI is InChI=1S/C13H10Cl2O2/c14-11-6-10(7-12(15)13(11)16)17-8-9-4-2-1-3-5-9/h1-7,16H,8H2. The van der Waals surface area contributed by atoms with Crippen LogP contribution in [0.1, 0.15) is 5.56 Å². The third kappa shape index (κ3) is 3.05. The summed E-state index contributed by atoms with van der Waals surface area (Å²) in [5.41, 5.74) is 1.05. The van der Waals surface area contributed by atoms with Crippen LogP contribution in [0.15, 0.2) is 42.5 Å². The molecule has 2 aromatic rings. The van der Waals surface area contributed by atoms with Crippen molar-refractivity contribution in [3.63, 3.8) is 0 Å². The van der Waals surface area contributed by atoms with Gasteiger partial charge in [0.15, 0.2) is 5.75 Å². The SMILES string of the molecule is Oc1c(Cl)cc(OCc2ccccc2)cc1Cl. The molecule has 88 valence electrons. The number of rotatable bonds is 3. The average molecular weight is 269 g/mol. The van der Waals surface area contributed by atoms with Crippen LogP contribution in [0.3, 0.4) is 0 Å². The molecule has 0 fully saturated rings. The van der Waals surface area contributed by atoms with Gasteiger partial charge in [-0.05, 0) is 5.56 Å². The summed E-state index contributed by atoms with van der Waals surface area (Å²) >= 11 is 11.6. The van der Waals surface area contributed by atoms with E-state index >= 15 is 0 Å². The van der Waals surface area contributed by atoms with E-state index in [0.717, 1.165) is 5.56 Å². The lowest BCUT2D eigenvalue weighted by Crippen LogP contribution is -1.94. The second-order valence-electron chi connectivity index (χ2n) is 3.51. The molecular weight excluding hydrogens is 259 g/mol. The van der Waals surface area contributed by atoms with Crippen LogP contribution in [-0.4, -0.2) is 5.11 Å². The van der Waals surface area contributed by atoms with Gasteiger partial charge in [-0.1, -0.05) is 53.5 Å². The van der Waals surface area contributed by atoms with Gasteiger partial charge in [0.25, 0.3) is 0 Å². The maximum Gasteiger partial charge on any atom is 0.153 e. The van der Waals surface area contributed by atoms with Gasteiger partial charge in [0.1, 0.15) is 12.4 Å². The van der Waals surface area contributed by atoms with Crippen LogP contribution in [-0.2, 0) is 6.61 Å². The van der Waals surface area contributed by atoms with E-state index in [1.54, 1.807) is 0 Å². The average Bonchev–Trinajstić information content (AvgIpc) is 2.34. The Morgan fingerprint density at radius 1 is 1.00 bits per heavy atom. The maximum atomic E-state index is 9.40. The molecule has 0 saturated carbocycles. The Labute approximate surface area is 109 Å². The van der Waals surface area contributed by atoms with Crippen LogP contribution in [0.25, 0.3) is 0 Å². The highest BCUT2D eigenvalue weighted by atomic mass is 35.5. The predicted octanol–water partition coefficient (Wildman–Crippen LogP) is 4.28. The Balaban J connectivity index is 2.10. The Kier molecular flexibility index (Phi) is 3.77. The van der Waals surface area contributed by atoms with Crippen LogP contribution in [0.4, 0.5) is 0 Å². The van der Waals surface area contributed by atoms with Gasteiger partial charge in [-0.15, -0.1) is 0 Å². The van der Waals surface area contributed by atoms with E-state index < -0.39 is 0 Å². The van der Waals surface area contributed by atoms with Crippen LogP contribution in [0, 0.1) is 0 Å². The fraction of sp³-hybridized carbons (Fsp3) is 0.0769. The number of aromatic hydroxyl groups is 1.